The number of nitrogens with zero attached hydrogens (tertiary/aromatic N) is 2. The predicted molar refractivity (Wildman–Crippen MR) is 114 cm³/mol. The first kappa shape index (κ1) is 19.8. The molecule has 4 aliphatic rings. The number of aliphatic hydroxyl groups is 2. The van der Waals surface area contributed by atoms with Gasteiger partial charge >= 0.3 is 0 Å². The number of imidazole rings is 1. The molecule has 2 N–H and O–H groups in total. The van der Waals surface area contributed by atoms with Crippen molar-refractivity contribution in [3.63, 3.8) is 0 Å². The number of aryl methyl sites for hydroxylation is 1. The lowest BCUT2D eigenvalue weighted by atomic mass is 9.46. The van der Waals surface area contributed by atoms with Gasteiger partial charge in [-0.15, -0.1) is 0 Å². The minimum absolute atomic E-state index is 0.183. The standard InChI is InChI=1S/C25H38N2O2/c1-23-11-9-17(28)15-16(23)5-6-18-19-7-8-21(24(19,2)12-10-20(18)23)25(3,29)22-26-13-14-27(22)4/h13-15,17-21,28-29H,5-12H2,1-4H3/t17?,18-,19-,20-,21-,23-,24-,25?/m0/s1. The van der Waals surface area contributed by atoms with E-state index in [0.29, 0.717) is 5.92 Å². The van der Waals surface area contributed by atoms with Gasteiger partial charge in [0.05, 0.1) is 6.10 Å². The van der Waals surface area contributed by atoms with Crippen LogP contribution in [0.1, 0.15) is 78.0 Å². The Labute approximate surface area is 175 Å². The first-order chi connectivity index (χ1) is 13.7. The summed E-state index contributed by atoms with van der Waals surface area (Å²) >= 11 is 0. The lowest BCUT2D eigenvalue weighted by Crippen LogP contribution is -2.53. The number of fused-ring (bicyclic) bond motifs is 5. The van der Waals surface area contributed by atoms with Crippen LogP contribution >= 0.6 is 0 Å². The largest absolute Gasteiger partial charge is 0.389 e. The van der Waals surface area contributed by atoms with Gasteiger partial charge in [0.15, 0.2) is 0 Å². The fourth-order valence-electron chi connectivity index (χ4n) is 8.64. The van der Waals surface area contributed by atoms with Crippen LogP contribution in [0.2, 0.25) is 0 Å². The lowest BCUT2D eigenvalue weighted by Gasteiger charge is -2.59. The molecule has 0 saturated heterocycles. The maximum atomic E-state index is 11.7. The Balaban J connectivity index is 1.46. The molecule has 3 fully saturated rings. The molecule has 29 heavy (non-hydrogen) atoms. The molecule has 1 heterocycles. The van der Waals surface area contributed by atoms with E-state index in [1.165, 1.54) is 31.3 Å². The number of allylic oxidation sites excluding steroid dienone is 1. The van der Waals surface area contributed by atoms with E-state index in [1.54, 1.807) is 0 Å². The van der Waals surface area contributed by atoms with Crippen molar-refractivity contribution in [1.29, 1.82) is 0 Å². The van der Waals surface area contributed by atoms with Gasteiger partial charge in [-0.05, 0) is 86.9 Å². The van der Waals surface area contributed by atoms with E-state index in [2.05, 4.69) is 24.9 Å². The highest BCUT2D eigenvalue weighted by Crippen LogP contribution is 2.68. The molecule has 5 rings (SSSR count). The molecule has 1 aromatic heterocycles. The second-order valence-corrected chi connectivity index (χ2v) is 11.3. The average molecular weight is 399 g/mol. The second-order valence-electron chi connectivity index (χ2n) is 11.3. The van der Waals surface area contributed by atoms with E-state index in [4.69, 9.17) is 0 Å². The molecule has 3 saturated carbocycles. The summed E-state index contributed by atoms with van der Waals surface area (Å²) in [5.74, 6) is 3.27. The van der Waals surface area contributed by atoms with Crippen LogP contribution in [0.25, 0.3) is 0 Å². The van der Waals surface area contributed by atoms with E-state index in [-0.39, 0.29) is 22.9 Å². The molecule has 1 aromatic rings. The normalized spacial score (nSPS) is 46.3. The smallest absolute Gasteiger partial charge is 0.140 e. The van der Waals surface area contributed by atoms with Gasteiger partial charge in [0.25, 0.3) is 0 Å². The van der Waals surface area contributed by atoms with Gasteiger partial charge in [-0.2, -0.15) is 0 Å². The van der Waals surface area contributed by atoms with E-state index in [0.717, 1.165) is 43.3 Å². The van der Waals surface area contributed by atoms with E-state index in [9.17, 15) is 10.2 Å². The van der Waals surface area contributed by atoms with Crippen LogP contribution in [0.15, 0.2) is 24.0 Å². The fourth-order valence-corrected chi connectivity index (χ4v) is 8.64. The molecule has 8 atom stereocenters. The summed E-state index contributed by atoms with van der Waals surface area (Å²) in [7, 11) is 2.00. The molecule has 160 valence electrons. The van der Waals surface area contributed by atoms with Crippen molar-refractivity contribution in [3.8, 4) is 0 Å². The first-order valence-electron chi connectivity index (χ1n) is 11.8. The highest BCUT2D eigenvalue weighted by Gasteiger charge is 2.62. The zero-order valence-corrected chi connectivity index (χ0v) is 18.6. The monoisotopic (exact) mass is 398 g/mol. The fraction of sp³-hybridized carbons (Fsp3) is 0.800. The topological polar surface area (TPSA) is 58.3 Å². The molecule has 0 aromatic carbocycles. The molecule has 0 spiro atoms. The summed E-state index contributed by atoms with van der Waals surface area (Å²) in [6.45, 7) is 6.97. The van der Waals surface area contributed by atoms with Crippen molar-refractivity contribution in [1.82, 2.24) is 9.55 Å². The Morgan fingerprint density at radius 3 is 2.62 bits per heavy atom. The molecular formula is C25H38N2O2. The maximum absolute atomic E-state index is 11.7. The number of hydrogen-bond acceptors (Lipinski definition) is 3. The molecule has 4 nitrogen and oxygen atoms in total. The van der Waals surface area contributed by atoms with Crippen LogP contribution in [0.3, 0.4) is 0 Å². The summed E-state index contributed by atoms with van der Waals surface area (Å²) in [6.07, 6.45) is 15.0. The lowest BCUT2D eigenvalue weighted by molar-refractivity contribution is -0.112. The second kappa shape index (κ2) is 6.43. The molecular weight excluding hydrogens is 360 g/mol. The van der Waals surface area contributed by atoms with Crippen LogP contribution < -0.4 is 0 Å². The van der Waals surface area contributed by atoms with Gasteiger partial charge < -0.3 is 14.8 Å². The highest BCUT2D eigenvalue weighted by molar-refractivity contribution is 5.26. The van der Waals surface area contributed by atoms with Gasteiger partial charge in [-0.1, -0.05) is 25.5 Å². The predicted octanol–water partition coefficient (Wildman–Crippen LogP) is 4.57. The summed E-state index contributed by atoms with van der Waals surface area (Å²) in [6, 6.07) is 0. The minimum Gasteiger partial charge on any atom is -0.389 e. The summed E-state index contributed by atoms with van der Waals surface area (Å²) in [5, 5.41) is 21.9. The van der Waals surface area contributed by atoms with Gasteiger partial charge in [-0.3, -0.25) is 0 Å². The SMILES string of the molecule is Cn1ccnc1C(C)(O)[C@H]1CC[C@H]2[C@@H]3CCC4=CC(O)CC[C@]4(C)[C@H]3CC[C@]12C. The Kier molecular flexibility index (Phi) is 4.39. The van der Waals surface area contributed by atoms with Crippen molar-refractivity contribution < 1.29 is 10.2 Å². The van der Waals surface area contributed by atoms with Crippen molar-refractivity contribution in [2.24, 2.45) is 41.5 Å². The van der Waals surface area contributed by atoms with Gasteiger partial charge in [0, 0.05) is 25.4 Å². The van der Waals surface area contributed by atoms with Crippen LogP contribution in [-0.4, -0.2) is 25.9 Å². The summed E-state index contributed by atoms with van der Waals surface area (Å²) in [4.78, 5) is 4.54. The zero-order chi connectivity index (χ0) is 20.6. The molecule has 0 radical (unpaired) electrons. The number of rotatable bonds is 2. The summed E-state index contributed by atoms with van der Waals surface area (Å²) < 4.78 is 1.99. The quantitative estimate of drug-likeness (QED) is 0.718. The van der Waals surface area contributed by atoms with E-state index < -0.39 is 5.60 Å². The Morgan fingerprint density at radius 2 is 1.90 bits per heavy atom. The van der Waals surface area contributed by atoms with Gasteiger partial charge in [-0.25, -0.2) is 4.98 Å². The minimum atomic E-state index is -0.882. The zero-order valence-electron chi connectivity index (χ0n) is 18.6. The van der Waals surface area contributed by atoms with Crippen molar-refractivity contribution in [2.45, 2.75) is 83.8 Å². The number of hydrogen-bond donors (Lipinski definition) is 2. The van der Waals surface area contributed by atoms with Crippen LogP contribution in [0.4, 0.5) is 0 Å². The first-order valence-corrected chi connectivity index (χ1v) is 11.8. The Hall–Kier alpha value is -1.13. The third-order valence-corrected chi connectivity index (χ3v) is 10.0. The molecule has 0 amide bonds. The third-order valence-electron chi connectivity index (χ3n) is 10.0. The van der Waals surface area contributed by atoms with Gasteiger partial charge in [0.1, 0.15) is 11.4 Å². The van der Waals surface area contributed by atoms with Crippen LogP contribution in [0, 0.1) is 34.5 Å². The Morgan fingerprint density at radius 1 is 1.10 bits per heavy atom. The molecule has 4 aliphatic carbocycles. The third kappa shape index (κ3) is 2.67. The van der Waals surface area contributed by atoms with Crippen molar-refractivity contribution in [2.75, 3.05) is 0 Å². The van der Waals surface area contributed by atoms with Crippen LogP contribution in [0.5, 0.6) is 0 Å². The van der Waals surface area contributed by atoms with E-state index >= 15 is 0 Å². The molecule has 2 unspecified atom stereocenters. The maximum Gasteiger partial charge on any atom is 0.140 e. The highest BCUT2D eigenvalue weighted by atomic mass is 16.3. The summed E-state index contributed by atoms with van der Waals surface area (Å²) in [5.41, 5.74) is 1.12. The number of aromatic nitrogens is 2. The van der Waals surface area contributed by atoms with E-state index in [1.807, 2.05) is 30.9 Å². The van der Waals surface area contributed by atoms with Crippen LogP contribution in [-0.2, 0) is 12.6 Å². The Bertz CT molecular complexity index is 827. The average Bonchev–Trinajstić information content (AvgIpc) is 3.25. The van der Waals surface area contributed by atoms with Crippen molar-refractivity contribution in [3.05, 3.63) is 29.9 Å². The number of aliphatic hydroxyl groups excluding tert-OH is 1. The molecule has 0 bridgehead atoms. The van der Waals surface area contributed by atoms with Crippen molar-refractivity contribution >= 4 is 0 Å². The molecule has 0 aliphatic heterocycles. The molecule has 4 heteroatoms. The van der Waals surface area contributed by atoms with Gasteiger partial charge in [0.2, 0.25) is 0 Å².